The van der Waals surface area contributed by atoms with Gasteiger partial charge in [0.2, 0.25) is 11.9 Å². The first kappa shape index (κ1) is 16.9. The van der Waals surface area contributed by atoms with Gasteiger partial charge < -0.3 is 15.0 Å². The summed E-state index contributed by atoms with van der Waals surface area (Å²) < 4.78 is 21.5. The largest absolute Gasteiger partial charge is 0.493 e. The van der Waals surface area contributed by atoms with Crippen molar-refractivity contribution in [2.75, 3.05) is 23.9 Å². The number of benzene rings is 1. The van der Waals surface area contributed by atoms with Crippen LogP contribution in [0, 0.1) is 11.7 Å². The molecule has 1 aliphatic carbocycles. The number of amides is 1. The molecule has 0 atom stereocenters. The first-order valence-corrected chi connectivity index (χ1v) is 9.26. The van der Waals surface area contributed by atoms with E-state index in [2.05, 4.69) is 20.5 Å². The third-order valence-electron chi connectivity index (χ3n) is 5.30. The number of rotatable bonds is 5. The Morgan fingerprint density at radius 2 is 2.29 bits per heavy atom. The highest BCUT2D eigenvalue weighted by atomic mass is 19.1. The molecule has 5 rings (SSSR count). The Bertz CT molecular complexity index is 1080. The van der Waals surface area contributed by atoms with Crippen LogP contribution in [0.15, 0.2) is 24.7 Å². The molecule has 2 aromatic heterocycles. The average Bonchev–Trinajstić information content (AvgIpc) is 3.23. The number of ether oxygens (including phenoxy) is 1. The molecule has 1 amide bonds. The van der Waals surface area contributed by atoms with Crippen LogP contribution in [0.5, 0.6) is 5.75 Å². The number of carbonyl (C=O) groups is 1. The molecular weight excluding hydrogens is 363 g/mol. The predicted molar refractivity (Wildman–Crippen MR) is 99.8 cm³/mol. The van der Waals surface area contributed by atoms with Crippen LogP contribution in [0.2, 0.25) is 0 Å². The van der Waals surface area contributed by atoms with Crippen LogP contribution in [0.4, 0.5) is 16.0 Å². The molecular formula is C19H19FN6O2. The summed E-state index contributed by atoms with van der Waals surface area (Å²) in [4.78, 5) is 18.4. The van der Waals surface area contributed by atoms with E-state index >= 15 is 0 Å². The zero-order valence-electron chi connectivity index (χ0n) is 15.4. The predicted octanol–water partition coefficient (Wildman–Crippen LogP) is 2.18. The number of hydrogen-bond donors (Lipinski definition) is 1. The summed E-state index contributed by atoms with van der Waals surface area (Å²) in [6.07, 6.45) is 5.67. The van der Waals surface area contributed by atoms with Crippen LogP contribution in [0.25, 0.3) is 5.65 Å². The number of halogens is 1. The summed E-state index contributed by atoms with van der Waals surface area (Å²) in [6, 6.07) is 3.09. The van der Waals surface area contributed by atoms with Crippen molar-refractivity contribution in [3.8, 4) is 5.75 Å². The van der Waals surface area contributed by atoms with E-state index in [1.807, 2.05) is 0 Å². The average molecular weight is 382 g/mol. The maximum absolute atomic E-state index is 14.4. The van der Waals surface area contributed by atoms with Crippen LogP contribution in [-0.4, -0.2) is 39.1 Å². The normalized spacial score (nSPS) is 15.4. The van der Waals surface area contributed by atoms with Gasteiger partial charge in [0.1, 0.15) is 23.6 Å². The summed E-state index contributed by atoms with van der Waals surface area (Å²) in [5.41, 5.74) is 2.58. The van der Waals surface area contributed by atoms with Gasteiger partial charge in [-0.25, -0.2) is 13.8 Å². The Hall–Kier alpha value is -3.23. The smallest absolute Gasteiger partial charge is 0.229 e. The van der Waals surface area contributed by atoms with Gasteiger partial charge in [0.25, 0.3) is 0 Å². The highest BCUT2D eigenvalue weighted by Crippen LogP contribution is 2.33. The summed E-state index contributed by atoms with van der Waals surface area (Å²) in [5.74, 6) is 1.09. The van der Waals surface area contributed by atoms with Crippen molar-refractivity contribution in [3.63, 3.8) is 0 Å². The zero-order valence-corrected chi connectivity index (χ0v) is 15.4. The van der Waals surface area contributed by atoms with Gasteiger partial charge >= 0.3 is 0 Å². The second-order valence-electron chi connectivity index (χ2n) is 7.12. The molecule has 0 radical (unpaired) electrons. The minimum atomic E-state index is -0.275. The fourth-order valence-electron chi connectivity index (χ4n) is 3.57. The first-order chi connectivity index (χ1) is 13.6. The highest BCUT2D eigenvalue weighted by molar-refractivity contribution is 5.98. The fraction of sp³-hybridized carbons (Fsp3) is 0.368. The second-order valence-corrected chi connectivity index (χ2v) is 7.12. The molecule has 3 heterocycles. The van der Waals surface area contributed by atoms with Crippen LogP contribution in [-0.2, 0) is 17.8 Å². The number of hydrogen-bond acceptors (Lipinski definition) is 6. The summed E-state index contributed by atoms with van der Waals surface area (Å²) in [7, 11) is 1.72. The molecule has 0 saturated heterocycles. The van der Waals surface area contributed by atoms with Crippen molar-refractivity contribution >= 4 is 23.2 Å². The molecule has 1 fully saturated rings. The van der Waals surface area contributed by atoms with Crippen LogP contribution >= 0.6 is 0 Å². The van der Waals surface area contributed by atoms with Crippen molar-refractivity contribution in [1.29, 1.82) is 0 Å². The van der Waals surface area contributed by atoms with Crippen LogP contribution in [0.1, 0.15) is 24.0 Å². The number of fused-ring (bicyclic) bond motifs is 2. The van der Waals surface area contributed by atoms with Crippen molar-refractivity contribution in [3.05, 3.63) is 41.6 Å². The molecule has 0 unspecified atom stereocenters. The Kier molecular flexibility index (Phi) is 3.88. The lowest BCUT2D eigenvalue weighted by Gasteiger charge is -2.18. The van der Waals surface area contributed by atoms with E-state index in [4.69, 9.17) is 4.74 Å². The van der Waals surface area contributed by atoms with E-state index in [-0.39, 0.29) is 24.2 Å². The molecule has 1 saturated carbocycles. The van der Waals surface area contributed by atoms with E-state index in [0.717, 1.165) is 24.2 Å². The van der Waals surface area contributed by atoms with Crippen molar-refractivity contribution < 1.29 is 13.9 Å². The number of nitrogens with zero attached hydrogens (tertiary/aromatic N) is 5. The van der Waals surface area contributed by atoms with Crippen LogP contribution < -0.4 is 15.0 Å². The van der Waals surface area contributed by atoms with E-state index in [1.54, 1.807) is 28.6 Å². The lowest BCUT2D eigenvalue weighted by Crippen LogP contribution is -2.28. The lowest BCUT2D eigenvalue weighted by atomic mass is 10.0. The molecule has 2 aliphatic rings. The first-order valence-electron chi connectivity index (χ1n) is 9.26. The molecule has 144 valence electrons. The summed E-state index contributed by atoms with van der Waals surface area (Å²) in [6.45, 7) is 0.824. The quantitative estimate of drug-likeness (QED) is 0.728. The highest BCUT2D eigenvalue weighted by Gasteiger charge is 2.33. The molecule has 8 nitrogen and oxygen atoms in total. The van der Waals surface area contributed by atoms with E-state index in [0.29, 0.717) is 35.9 Å². The van der Waals surface area contributed by atoms with Crippen molar-refractivity contribution in [2.45, 2.75) is 25.8 Å². The Labute approximate surface area is 160 Å². The van der Waals surface area contributed by atoms with E-state index in [9.17, 15) is 9.18 Å². The van der Waals surface area contributed by atoms with Crippen molar-refractivity contribution in [2.24, 2.45) is 5.92 Å². The van der Waals surface area contributed by atoms with Gasteiger partial charge in [0.15, 0.2) is 5.65 Å². The number of carbonyl (C=O) groups excluding carboxylic acids is 1. The van der Waals surface area contributed by atoms with E-state index in [1.165, 1.54) is 12.4 Å². The van der Waals surface area contributed by atoms with Crippen LogP contribution in [0.3, 0.4) is 0 Å². The lowest BCUT2D eigenvalue weighted by molar-refractivity contribution is -0.119. The third kappa shape index (κ3) is 2.74. The summed E-state index contributed by atoms with van der Waals surface area (Å²) >= 11 is 0. The fourth-order valence-corrected chi connectivity index (χ4v) is 3.57. The molecule has 0 spiro atoms. The Balaban J connectivity index is 1.44. The van der Waals surface area contributed by atoms with Crippen molar-refractivity contribution in [1.82, 2.24) is 19.6 Å². The minimum Gasteiger partial charge on any atom is -0.493 e. The number of nitrogens with one attached hydrogen (secondary N) is 1. The van der Waals surface area contributed by atoms with Gasteiger partial charge in [0, 0.05) is 37.1 Å². The molecule has 1 aromatic carbocycles. The monoisotopic (exact) mass is 382 g/mol. The van der Waals surface area contributed by atoms with Gasteiger partial charge in [-0.3, -0.25) is 4.79 Å². The van der Waals surface area contributed by atoms with E-state index < -0.39 is 0 Å². The third-order valence-corrected chi connectivity index (χ3v) is 5.30. The van der Waals surface area contributed by atoms with Gasteiger partial charge in [-0.05, 0) is 25.0 Å². The van der Waals surface area contributed by atoms with Gasteiger partial charge in [-0.1, -0.05) is 0 Å². The molecule has 9 heteroatoms. The Morgan fingerprint density at radius 3 is 3.11 bits per heavy atom. The van der Waals surface area contributed by atoms with Gasteiger partial charge in [0.05, 0.1) is 12.8 Å². The molecule has 3 aromatic rings. The number of anilines is 2. The topological polar surface area (TPSA) is 84.7 Å². The van der Waals surface area contributed by atoms with Gasteiger partial charge in [-0.2, -0.15) is 0 Å². The molecule has 0 bridgehead atoms. The molecule has 1 aliphatic heterocycles. The maximum Gasteiger partial charge on any atom is 0.229 e. The summed E-state index contributed by atoms with van der Waals surface area (Å²) in [5, 5.41) is 11.3. The standard InChI is InChI=1S/C19H19FN6O2/c1-25(18(27)11-2-3-11)15-9-22-19(26-10-23-24-17(15)26)21-8-13-12-6-7-28-16(12)5-4-14(13)20/h4-5,9-11H,2-3,6-8H2,1H3,(H,21,22). The zero-order chi connectivity index (χ0) is 19.3. The SMILES string of the molecule is CN(C(=O)C1CC1)c1cnc(NCc2c(F)ccc3c2CCO3)n2cnnc12. The second kappa shape index (κ2) is 6.43. The Morgan fingerprint density at radius 1 is 1.43 bits per heavy atom. The maximum atomic E-state index is 14.4. The minimum absolute atomic E-state index is 0.0642. The molecule has 1 N–H and O–H groups in total. The number of aromatic nitrogens is 4. The van der Waals surface area contributed by atoms with Gasteiger partial charge in [-0.15, -0.1) is 10.2 Å². The molecule has 28 heavy (non-hydrogen) atoms.